The van der Waals surface area contributed by atoms with Gasteiger partial charge in [0.25, 0.3) is 0 Å². The third-order valence-corrected chi connectivity index (χ3v) is 4.79. The van der Waals surface area contributed by atoms with Crippen LogP contribution in [-0.2, 0) is 0 Å². The molecule has 0 amide bonds. The molecule has 0 unspecified atom stereocenters. The topological polar surface area (TPSA) is 67.1 Å². The minimum atomic E-state index is -0.350. The van der Waals surface area contributed by atoms with Crippen molar-refractivity contribution in [1.29, 1.82) is 0 Å². The average Bonchev–Trinajstić information content (AvgIpc) is 3.02. The predicted molar refractivity (Wildman–Crippen MR) is 95.4 cm³/mol. The number of pyridine rings is 1. The van der Waals surface area contributed by atoms with E-state index in [2.05, 4.69) is 25.6 Å². The van der Waals surface area contributed by atoms with Crippen LogP contribution in [0.15, 0.2) is 24.5 Å². The number of hydrogen-bond acceptors (Lipinski definition) is 5. The number of halogens is 2. The molecule has 1 atom stereocenters. The van der Waals surface area contributed by atoms with Gasteiger partial charge in [0.15, 0.2) is 5.82 Å². The SMILES string of the molecule is Cc1c(Cl)nc(-c2cnc3ccc(F)cn23)nc1N[C@@H]1CCCNC1. The van der Waals surface area contributed by atoms with Crippen molar-refractivity contribution in [2.24, 2.45) is 0 Å². The van der Waals surface area contributed by atoms with Gasteiger partial charge in [0.1, 0.15) is 28.1 Å². The fourth-order valence-electron chi connectivity index (χ4n) is 3.03. The second-order valence-corrected chi connectivity index (χ2v) is 6.58. The molecule has 6 nitrogen and oxygen atoms in total. The normalized spacial score (nSPS) is 17.8. The minimum Gasteiger partial charge on any atom is -0.366 e. The minimum absolute atomic E-state index is 0.297. The third kappa shape index (κ3) is 3.17. The van der Waals surface area contributed by atoms with Gasteiger partial charge in [0.05, 0.1) is 6.20 Å². The monoisotopic (exact) mass is 360 g/mol. The third-order valence-electron chi connectivity index (χ3n) is 4.42. The first-order valence-electron chi connectivity index (χ1n) is 8.26. The highest BCUT2D eigenvalue weighted by molar-refractivity contribution is 6.30. The fraction of sp³-hybridized carbons (Fsp3) is 0.353. The molecule has 1 saturated heterocycles. The quantitative estimate of drug-likeness (QED) is 0.703. The Balaban J connectivity index is 1.75. The van der Waals surface area contributed by atoms with Crippen molar-refractivity contribution in [3.8, 4) is 11.5 Å². The maximum Gasteiger partial charge on any atom is 0.181 e. The molecule has 0 radical (unpaired) electrons. The molecule has 0 saturated carbocycles. The Morgan fingerprint density at radius 1 is 1.36 bits per heavy atom. The number of hydrogen-bond donors (Lipinski definition) is 2. The lowest BCUT2D eigenvalue weighted by molar-refractivity contribution is 0.479. The van der Waals surface area contributed by atoms with Gasteiger partial charge < -0.3 is 10.6 Å². The number of nitrogens with zero attached hydrogens (tertiary/aromatic N) is 4. The molecule has 0 aromatic carbocycles. The van der Waals surface area contributed by atoms with Crippen LogP contribution in [0.4, 0.5) is 10.2 Å². The number of piperidine rings is 1. The van der Waals surface area contributed by atoms with Crippen molar-refractivity contribution in [2.45, 2.75) is 25.8 Å². The van der Waals surface area contributed by atoms with Crippen LogP contribution in [0.5, 0.6) is 0 Å². The zero-order valence-corrected chi connectivity index (χ0v) is 14.5. The van der Waals surface area contributed by atoms with Gasteiger partial charge in [-0.3, -0.25) is 4.40 Å². The molecular formula is C17H18ClFN6. The first-order valence-corrected chi connectivity index (χ1v) is 8.64. The van der Waals surface area contributed by atoms with Crippen molar-refractivity contribution >= 4 is 23.1 Å². The van der Waals surface area contributed by atoms with Crippen LogP contribution in [0.3, 0.4) is 0 Å². The molecule has 0 aliphatic carbocycles. The Labute approximate surface area is 149 Å². The van der Waals surface area contributed by atoms with Crippen molar-refractivity contribution in [3.63, 3.8) is 0 Å². The number of anilines is 1. The summed E-state index contributed by atoms with van der Waals surface area (Å²) in [4.78, 5) is 13.3. The van der Waals surface area contributed by atoms with E-state index in [9.17, 15) is 4.39 Å². The summed E-state index contributed by atoms with van der Waals surface area (Å²) in [5.41, 5.74) is 2.03. The molecule has 3 aromatic rings. The lowest BCUT2D eigenvalue weighted by atomic mass is 10.1. The molecular weight excluding hydrogens is 343 g/mol. The molecule has 8 heteroatoms. The fourth-order valence-corrected chi connectivity index (χ4v) is 3.20. The van der Waals surface area contributed by atoms with E-state index < -0.39 is 0 Å². The highest BCUT2D eigenvalue weighted by Gasteiger charge is 2.18. The summed E-state index contributed by atoms with van der Waals surface area (Å²) in [5.74, 6) is 0.770. The first-order chi connectivity index (χ1) is 12.1. The van der Waals surface area contributed by atoms with E-state index in [4.69, 9.17) is 11.6 Å². The highest BCUT2D eigenvalue weighted by atomic mass is 35.5. The van der Waals surface area contributed by atoms with Gasteiger partial charge in [-0.25, -0.2) is 19.3 Å². The molecule has 1 aliphatic heterocycles. The summed E-state index contributed by atoms with van der Waals surface area (Å²) >= 11 is 6.33. The van der Waals surface area contributed by atoms with E-state index in [0.717, 1.165) is 31.5 Å². The zero-order valence-electron chi connectivity index (χ0n) is 13.8. The smallest absolute Gasteiger partial charge is 0.181 e. The largest absolute Gasteiger partial charge is 0.366 e. The summed E-state index contributed by atoms with van der Waals surface area (Å²) in [6.45, 7) is 3.82. The van der Waals surface area contributed by atoms with Crippen LogP contribution in [0.25, 0.3) is 17.2 Å². The Bertz CT molecular complexity index is 919. The molecule has 0 bridgehead atoms. The standard InChI is InChI=1S/C17H18ClFN6/c1-10-15(18)23-17(24-16(10)22-12-3-2-6-20-7-12)13-8-21-14-5-4-11(19)9-25(13)14/h4-5,8-9,12,20H,2-3,6-7H2,1H3,(H,22,23,24)/t12-/m1/s1. The Morgan fingerprint density at radius 2 is 2.24 bits per heavy atom. The number of aromatic nitrogens is 4. The summed E-state index contributed by atoms with van der Waals surface area (Å²) < 4.78 is 15.2. The van der Waals surface area contributed by atoms with Gasteiger partial charge in [0.2, 0.25) is 0 Å². The molecule has 3 aromatic heterocycles. The second-order valence-electron chi connectivity index (χ2n) is 6.22. The van der Waals surface area contributed by atoms with Crippen LogP contribution in [0, 0.1) is 12.7 Å². The number of imidazole rings is 1. The van der Waals surface area contributed by atoms with E-state index in [-0.39, 0.29) is 5.82 Å². The predicted octanol–water partition coefficient (Wildman–Crippen LogP) is 3.06. The maximum atomic E-state index is 13.6. The maximum absolute atomic E-state index is 13.6. The Hall–Kier alpha value is -2.25. The summed E-state index contributed by atoms with van der Waals surface area (Å²) in [6.07, 6.45) is 5.19. The second kappa shape index (κ2) is 6.57. The number of nitrogens with one attached hydrogen (secondary N) is 2. The van der Waals surface area contributed by atoms with Crippen LogP contribution >= 0.6 is 11.6 Å². The van der Waals surface area contributed by atoms with E-state index in [0.29, 0.717) is 34.2 Å². The van der Waals surface area contributed by atoms with Crippen molar-refractivity contribution in [1.82, 2.24) is 24.7 Å². The zero-order chi connectivity index (χ0) is 17.4. The van der Waals surface area contributed by atoms with E-state index >= 15 is 0 Å². The number of rotatable bonds is 3. The Kier molecular flexibility index (Phi) is 4.27. The van der Waals surface area contributed by atoms with Crippen LogP contribution in [0.2, 0.25) is 5.15 Å². The number of fused-ring (bicyclic) bond motifs is 1. The molecule has 4 heterocycles. The highest BCUT2D eigenvalue weighted by Crippen LogP contribution is 2.26. The summed E-state index contributed by atoms with van der Waals surface area (Å²) in [6, 6.07) is 3.28. The molecule has 0 spiro atoms. The summed E-state index contributed by atoms with van der Waals surface area (Å²) in [7, 11) is 0. The Morgan fingerprint density at radius 3 is 3.04 bits per heavy atom. The summed E-state index contributed by atoms with van der Waals surface area (Å²) in [5, 5.41) is 7.19. The van der Waals surface area contributed by atoms with Gasteiger partial charge in [-0.05, 0) is 38.4 Å². The van der Waals surface area contributed by atoms with Gasteiger partial charge in [-0.15, -0.1) is 0 Å². The molecule has 1 fully saturated rings. The van der Waals surface area contributed by atoms with E-state index in [1.807, 2.05) is 6.92 Å². The molecule has 2 N–H and O–H groups in total. The lowest BCUT2D eigenvalue weighted by Gasteiger charge is -2.25. The van der Waals surface area contributed by atoms with Crippen LogP contribution in [-0.4, -0.2) is 38.5 Å². The van der Waals surface area contributed by atoms with Crippen molar-refractivity contribution in [3.05, 3.63) is 41.1 Å². The van der Waals surface area contributed by atoms with E-state index in [1.165, 1.54) is 12.3 Å². The van der Waals surface area contributed by atoms with Gasteiger partial charge in [0, 0.05) is 24.3 Å². The first kappa shape index (κ1) is 16.2. The average molecular weight is 361 g/mol. The van der Waals surface area contributed by atoms with Crippen LogP contribution in [0.1, 0.15) is 18.4 Å². The van der Waals surface area contributed by atoms with Crippen molar-refractivity contribution in [2.75, 3.05) is 18.4 Å². The lowest BCUT2D eigenvalue weighted by Crippen LogP contribution is -2.38. The molecule has 4 rings (SSSR count). The van der Waals surface area contributed by atoms with Gasteiger partial charge >= 0.3 is 0 Å². The molecule has 25 heavy (non-hydrogen) atoms. The van der Waals surface area contributed by atoms with Gasteiger partial charge in [-0.2, -0.15) is 0 Å². The van der Waals surface area contributed by atoms with E-state index in [1.54, 1.807) is 16.7 Å². The van der Waals surface area contributed by atoms with Gasteiger partial charge in [-0.1, -0.05) is 11.6 Å². The molecule has 130 valence electrons. The van der Waals surface area contributed by atoms with Crippen LogP contribution < -0.4 is 10.6 Å². The molecule has 1 aliphatic rings. The van der Waals surface area contributed by atoms with Crippen molar-refractivity contribution < 1.29 is 4.39 Å².